The summed E-state index contributed by atoms with van der Waals surface area (Å²) in [5.41, 5.74) is 1.33. The fourth-order valence-electron chi connectivity index (χ4n) is 2.20. The lowest BCUT2D eigenvalue weighted by Crippen LogP contribution is -2.30. The molecule has 0 aliphatic carbocycles. The van der Waals surface area contributed by atoms with E-state index >= 15 is 0 Å². The highest BCUT2D eigenvalue weighted by Crippen LogP contribution is 2.27. The monoisotopic (exact) mass is 281 g/mol. The predicted octanol–water partition coefficient (Wildman–Crippen LogP) is 1.71. The average Bonchev–Trinajstić information content (AvgIpc) is 2.84. The number of carbonyl (C=O) groups is 2. The fourth-order valence-corrected chi connectivity index (χ4v) is 2.46. The molecule has 7 heteroatoms. The first-order valence-corrected chi connectivity index (χ1v) is 5.99. The first-order chi connectivity index (χ1) is 9.04. The smallest absolute Gasteiger partial charge is 0.322 e. The molecular weight excluding hydrogens is 273 g/mol. The van der Waals surface area contributed by atoms with Crippen molar-refractivity contribution in [3.63, 3.8) is 0 Å². The highest BCUT2D eigenvalue weighted by Gasteiger charge is 2.30. The first kappa shape index (κ1) is 12.0. The van der Waals surface area contributed by atoms with E-state index in [0.29, 0.717) is 10.9 Å². The molecule has 3 rings (SSSR count). The van der Waals surface area contributed by atoms with Gasteiger partial charge < -0.3 is 10.3 Å². The molecule has 1 aliphatic heterocycles. The van der Waals surface area contributed by atoms with Crippen LogP contribution in [0.1, 0.15) is 5.56 Å². The average molecular weight is 282 g/mol. The number of aromatic nitrogens is 1. The normalized spacial score (nSPS) is 18.7. The Balaban J connectivity index is 1.98. The van der Waals surface area contributed by atoms with Crippen LogP contribution in [0.2, 0.25) is 5.02 Å². The van der Waals surface area contributed by atoms with Crippen molar-refractivity contribution in [3.8, 4) is 0 Å². The number of amides is 3. The van der Waals surface area contributed by atoms with Crippen molar-refractivity contribution in [1.29, 1.82) is 0 Å². The van der Waals surface area contributed by atoms with Gasteiger partial charge in [-0.2, -0.15) is 0 Å². The molecule has 5 nitrogen and oxygen atoms in total. The van der Waals surface area contributed by atoms with Gasteiger partial charge in [0.15, 0.2) is 0 Å². The van der Waals surface area contributed by atoms with Gasteiger partial charge in [0.25, 0.3) is 5.91 Å². The van der Waals surface area contributed by atoms with Crippen LogP contribution in [0, 0.1) is 5.82 Å². The second-order valence-corrected chi connectivity index (χ2v) is 4.75. The van der Waals surface area contributed by atoms with Crippen LogP contribution in [-0.2, 0) is 11.2 Å². The third-order valence-electron chi connectivity index (χ3n) is 3.07. The summed E-state index contributed by atoms with van der Waals surface area (Å²) in [5, 5.41) is 5.54. The maximum absolute atomic E-state index is 13.4. The highest BCUT2D eigenvalue weighted by atomic mass is 35.5. The summed E-state index contributed by atoms with van der Waals surface area (Å²) in [6.07, 6.45) is 1.94. The van der Waals surface area contributed by atoms with Crippen molar-refractivity contribution in [2.75, 3.05) is 0 Å². The summed E-state index contributed by atoms with van der Waals surface area (Å²) in [6, 6.07) is 1.41. The number of hydrogen-bond donors (Lipinski definition) is 3. The second kappa shape index (κ2) is 4.24. The first-order valence-electron chi connectivity index (χ1n) is 5.61. The Bertz CT molecular complexity index is 698. The Hall–Kier alpha value is -2.08. The number of benzene rings is 1. The predicted molar refractivity (Wildman–Crippen MR) is 67.4 cm³/mol. The van der Waals surface area contributed by atoms with Crippen molar-refractivity contribution >= 4 is 34.4 Å². The van der Waals surface area contributed by atoms with Crippen LogP contribution in [0.4, 0.5) is 9.18 Å². The molecule has 0 saturated carbocycles. The molecule has 0 radical (unpaired) electrons. The van der Waals surface area contributed by atoms with Crippen LogP contribution in [0.15, 0.2) is 18.3 Å². The lowest BCUT2D eigenvalue weighted by Gasteiger charge is -2.06. The number of halogens is 2. The van der Waals surface area contributed by atoms with Crippen LogP contribution >= 0.6 is 11.6 Å². The van der Waals surface area contributed by atoms with Gasteiger partial charge in [-0.25, -0.2) is 9.18 Å². The molecule has 19 heavy (non-hydrogen) atoms. The van der Waals surface area contributed by atoms with Gasteiger partial charge in [0.2, 0.25) is 0 Å². The van der Waals surface area contributed by atoms with Gasteiger partial charge in [0.1, 0.15) is 11.9 Å². The van der Waals surface area contributed by atoms with Crippen LogP contribution < -0.4 is 10.6 Å². The molecule has 3 amide bonds. The summed E-state index contributed by atoms with van der Waals surface area (Å²) >= 11 is 5.92. The Morgan fingerprint density at radius 2 is 2.11 bits per heavy atom. The van der Waals surface area contributed by atoms with Crippen molar-refractivity contribution in [1.82, 2.24) is 15.6 Å². The molecule has 1 saturated heterocycles. The molecule has 2 aromatic rings. The molecule has 0 unspecified atom stereocenters. The summed E-state index contributed by atoms with van der Waals surface area (Å²) in [7, 11) is 0. The van der Waals surface area contributed by atoms with Gasteiger partial charge in [-0.3, -0.25) is 10.1 Å². The summed E-state index contributed by atoms with van der Waals surface area (Å²) in [4.78, 5) is 25.4. The van der Waals surface area contributed by atoms with E-state index in [2.05, 4.69) is 15.6 Å². The molecular formula is C12H9ClFN3O2. The topological polar surface area (TPSA) is 74.0 Å². The van der Waals surface area contributed by atoms with Gasteiger partial charge in [-0.1, -0.05) is 11.6 Å². The van der Waals surface area contributed by atoms with E-state index in [1.54, 1.807) is 6.20 Å². The molecule has 1 aromatic heterocycles. The van der Waals surface area contributed by atoms with E-state index in [4.69, 9.17) is 11.6 Å². The molecule has 98 valence electrons. The quantitative estimate of drug-likeness (QED) is 0.733. The SMILES string of the molecule is O=C1NC(=O)[C@@H](Cc2c[nH]c3c(Cl)cc(F)cc23)N1. The van der Waals surface area contributed by atoms with Crippen LogP contribution in [-0.4, -0.2) is 23.0 Å². The van der Waals surface area contributed by atoms with E-state index in [1.165, 1.54) is 12.1 Å². The zero-order valence-electron chi connectivity index (χ0n) is 9.59. The highest BCUT2D eigenvalue weighted by molar-refractivity contribution is 6.35. The Morgan fingerprint density at radius 1 is 1.32 bits per heavy atom. The van der Waals surface area contributed by atoms with Crippen molar-refractivity contribution in [2.24, 2.45) is 0 Å². The second-order valence-electron chi connectivity index (χ2n) is 4.34. The van der Waals surface area contributed by atoms with Gasteiger partial charge in [-0.15, -0.1) is 0 Å². The Kier molecular flexibility index (Phi) is 2.67. The number of nitrogens with one attached hydrogen (secondary N) is 3. The number of rotatable bonds is 2. The van der Waals surface area contributed by atoms with E-state index in [-0.39, 0.29) is 17.4 Å². The molecule has 0 bridgehead atoms. The lowest BCUT2D eigenvalue weighted by molar-refractivity contribution is -0.120. The lowest BCUT2D eigenvalue weighted by atomic mass is 10.1. The van der Waals surface area contributed by atoms with Gasteiger partial charge >= 0.3 is 6.03 Å². The van der Waals surface area contributed by atoms with Crippen molar-refractivity contribution in [2.45, 2.75) is 12.5 Å². The Morgan fingerprint density at radius 3 is 2.79 bits per heavy atom. The zero-order chi connectivity index (χ0) is 13.6. The minimum absolute atomic E-state index is 0.275. The molecule has 1 atom stereocenters. The van der Waals surface area contributed by atoms with Crippen molar-refractivity contribution in [3.05, 3.63) is 34.7 Å². The number of carbonyl (C=O) groups excluding carboxylic acids is 2. The number of fused-ring (bicyclic) bond motifs is 1. The van der Waals surface area contributed by atoms with E-state index in [1.807, 2.05) is 0 Å². The van der Waals surface area contributed by atoms with E-state index < -0.39 is 17.9 Å². The standard InChI is InChI=1S/C12H9ClFN3O2/c13-8-3-6(14)2-7-5(4-15-10(7)8)1-9-11(18)17-12(19)16-9/h2-4,9,15H,1H2,(H2,16,17,18,19)/t9-/m1/s1. The van der Waals surface area contributed by atoms with Crippen LogP contribution in [0.3, 0.4) is 0 Å². The largest absolute Gasteiger partial charge is 0.360 e. The van der Waals surface area contributed by atoms with Gasteiger partial charge in [0, 0.05) is 18.0 Å². The molecule has 1 fully saturated rings. The Labute approximate surface area is 112 Å². The van der Waals surface area contributed by atoms with Gasteiger partial charge in [0.05, 0.1) is 10.5 Å². The third-order valence-corrected chi connectivity index (χ3v) is 3.37. The number of aromatic amines is 1. The molecule has 3 N–H and O–H groups in total. The molecule has 1 aliphatic rings. The molecule has 0 spiro atoms. The zero-order valence-corrected chi connectivity index (χ0v) is 10.3. The number of imide groups is 1. The van der Waals surface area contributed by atoms with E-state index in [9.17, 15) is 14.0 Å². The fraction of sp³-hybridized carbons (Fsp3) is 0.167. The maximum atomic E-state index is 13.4. The number of urea groups is 1. The molecule has 1 aromatic carbocycles. The van der Waals surface area contributed by atoms with Crippen LogP contribution in [0.25, 0.3) is 10.9 Å². The summed E-state index contributed by atoms with van der Waals surface area (Å²) < 4.78 is 13.4. The van der Waals surface area contributed by atoms with E-state index in [0.717, 1.165) is 5.56 Å². The minimum Gasteiger partial charge on any atom is -0.360 e. The van der Waals surface area contributed by atoms with Crippen LogP contribution in [0.5, 0.6) is 0 Å². The third kappa shape index (κ3) is 2.04. The number of H-pyrrole nitrogens is 1. The molecule has 2 heterocycles. The van der Waals surface area contributed by atoms with Crippen molar-refractivity contribution < 1.29 is 14.0 Å². The number of hydrogen-bond acceptors (Lipinski definition) is 2. The summed E-state index contributed by atoms with van der Waals surface area (Å²) in [5.74, 6) is -0.833. The minimum atomic E-state index is -0.645. The maximum Gasteiger partial charge on any atom is 0.322 e. The summed E-state index contributed by atoms with van der Waals surface area (Å²) in [6.45, 7) is 0. The van der Waals surface area contributed by atoms with Gasteiger partial charge in [-0.05, 0) is 17.7 Å².